The topological polar surface area (TPSA) is 93.1 Å². The number of allylic oxidation sites excluding steroid dienone is 1. The summed E-state index contributed by atoms with van der Waals surface area (Å²) in [5.41, 5.74) is -1.78. The zero-order chi connectivity index (χ0) is 23.9. The van der Waals surface area contributed by atoms with Gasteiger partial charge >= 0.3 is 5.97 Å². The summed E-state index contributed by atoms with van der Waals surface area (Å²) in [6.45, 7) is 8.51. The van der Waals surface area contributed by atoms with E-state index in [1.807, 2.05) is 6.92 Å². The molecule has 1 saturated heterocycles. The molecule has 4 aliphatic carbocycles. The Balaban J connectivity index is 1.58. The van der Waals surface area contributed by atoms with Crippen LogP contribution in [-0.2, 0) is 19.1 Å². The number of carboxylic acid groups (broad SMARTS) is 1. The molecule has 1 heterocycles. The molecule has 3 saturated carbocycles. The molecule has 7 heteroatoms. The number of fused-ring (bicyclic) bond motifs is 2. The van der Waals surface area contributed by atoms with Gasteiger partial charge in [-0.15, -0.1) is 0 Å². The van der Waals surface area contributed by atoms with E-state index in [9.17, 15) is 19.8 Å². The Bertz CT molecular complexity index is 861. The summed E-state index contributed by atoms with van der Waals surface area (Å²) in [7, 11) is 0. The maximum absolute atomic E-state index is 13.4. The molecule has 0 amide bonds. The van der Waals surface area contributed by atoms with Crippen LogP contribution in [0.15, 0.2) is 11.6 Å². The van der Waals surface area contributed by atoms with E-state index in [1.165, 1.54) is 0 Å². The van der Waals surface area contributed by atoms with Gasteiger partial charge in [-0.2, -0.15) is 0 Å². The van der Waals surface area contributed by atoms with Crippen molar-refractivity contribution in [2.75, 3.05) is 6.61 Å². The molecule has 0 aromatic heterocycles. The van der Waals surface area contributed by atoms with Crippen molar-refractivity contribution in [3.8, 4) is 0 Å². The SMILES string of the molecule is CC(C)C1=CC2CC3(C=O)C4CCC(C)C4CC2(CO[C@H]2C[C@@H](I)[C@H](O)[C@@H](C)O2)C13C(=O)O. The van der Waals surface area contributed by atoms with Gasteiger partial charge in [0.15, 0.2) is 6.29 Å². The number of ether oxygens (including phenoxy) is 2. The number of halogens is 1. The number of alkyl halides is 1. The summed E-state index contributed by atoms with van der Waals surface area (Å²) in [6, 6.07) is 0. The molecule has 184 valence electrons. The first-order chi connectivity index (χ1) is 15.6. The molecule has 2 N–H and O–H groups in total. The lowest BCUT2D eigenvalue weighted by Crippen LogP contribution is -2.63. The standard InChI is InChI=1S/C26H37IO6/c1-13(2)19-7-16-9-24(11-28)18-6-5-14(3)17(18)10-25(16,26(19,24)23(30)31)12-32-21-8-20(27)22(29)15(4)33-21/h7,11,13-18,20-22,29H,5-6,8-10,12H2,1-4H3,(H,30,31)/t14?,15-,16?,17?,18?,20-,21-,22-,24?,25?,26?/m1/s1. The van der Waals surface area contributed by atoms with Gasteiger partial charge in [0.2, 0.25) is 0 Å². The van der Waals surface area contributed by atoms with Crippen molar-refractivity contribution in [3.63, 3.8) is 0 Å². The van der Waals surface area contributed by atoms with E-state index in [1.54, 1.807) is 0 Å². The van der Waals surface area contributed by atoms with Crippen molar-refractivity contribution in [3.05, 3.63) is 11.6 Å². The molecule has 0 aromatic carbocycles. The number of carboxylic acids is 1. The van der Waals surface area contributed by atoms with Crippen molar-refractivity contribution < 1.29 is 29.3 Å². The van der Waals surface area contributed by atoms with Crippen LogP contribution in [0.3, 0.4) is 0 Å². The predicted octanol–water partition coefficient (Wildman–Crippen LogP) is 4.23. The predicted molar refractivity (Wildman–Crippen MR) is 131 cm³/mol. The van der Waals surface area contributed by atoms with E-state index in [0.29, 0.717) is 24.7 Å². The minimum absolute atomic E-state index is 0.0200. The first kappa shape index (κ1) is 24.2. The Morgan fingerprint density at radius 3 is 2.67 bits per heavy atom. The first-order valence-corrected chi connectivity index (χ1v) is 13.8. The van der Waals surface area contributed by atoms with Crippen molar-refractivity contribution in [2.24, 2.45) is 45.8 Å². The quantitative estimate of drug-likeness (QED) is 0.214. The second-order valence-corrected chi connectivity index (χ2v) is 13.4. The fourth-order valence-electron chi connectivity index (χ4n) is 8.98. The number of rotatable bonds is 6. The molecule has 4 fully saturated rings. The zero-order valence-corrected chi connectivity index (χ0v) is 22.2. The van der Waals surface area contributed by atoms with Gasteiger partial charge in [0, 0.05) is 15.8 Å². The minimum Gasteiger partial charge on any atom is -0.481 e. The van der Waals surface area contributed by atoms with Crippen molar-refractivity contribution in [2.45, 2.75) is 82.2 Å². The normalized spacial score (nSPS) is 52.6. The number of aliphatic carboxylic acids is 1. The average molecular weight is 572 g/mol. The average Bonchev–Trinajstić information content (AvgIpc) is 3.33. The second kappa shape index (κ2) is 8.00. The van der Waals surface area contributed by atoms with Crippen LogP contribution in [0.4, 0.5) is 0 Å². The molecule has 4 bridgehead atoms. The number of aliphatic hydroxyl groups is 1. The Morgan fingerprint density at radius 1 is 1.33 bits per heavy atom. The van der Waals surface area contributed by atoms with Crippen LogP contribution in [0.5, 0.6) is 0 Å². The van der Waals surface area contributed by atoms with Gasteiger partial charge < -0.3 is 24.5 Å². The van der Waals surface area contributed by atoms with Gasteiger partial charge in [-0.1, -0.05) is 61.4 Å². The van der Waals surface area contributed by atoms with E-state index in [4.69, 9.17) is 9.47 Å². The van der Waals surface area contributed by atoms with Gasteiger partial charge in [0.25, 0.3) is 0 Å². The largest absolute Gasteiger partial charge is 0.481 e. The summed E-state index contributed by atoms with van der Waals surface area (Å²) in [6.07, 6.45) is 5.87. The summed E-state index contributed by atoms with van der Waals surface area (Å²) in [5, 5.41) is 21.3. The summed E-state index contributed by atoms with van der Waals surface area (Å²) in [4.78, 5) is 26.5. The van der Waals surface area contributed by atoms with Gasteiger partial charge in [0.05, 0.1) is 24.2 Å². The van der Waals surface area contributed by atoms with E-state index in [2.05, 4.69) is 49.4 Å². The van der Waals surface area contributed by atoms with Crippen LogP contribution in [0.2, 0.25) is 0 Å². The van der Waals surface area contributed by atoms with Crippen LogP contribution >= 0.6 is 22.6 Å². The molecule has 0 spiro atoms. The Kier molecular flexibility index (Phi) is 5.87. The molecule has 0 radical (unpaired) electrons. The molecule has 6 nitrogen and oxygen atoms in total. The van der Waals surface area contributed by atoms with Gasteiger partial charge in [-0.05, 0) is 55.8 Å². The minimum atomic E-state index is -1.21. The van der Waals surface area contributed by atoms with Crippen LogP contribution in [-0.4, -0.2) is 51.5 Å². The fourth-order valence-corrected chi connectivity index (χ4v) is 9.98. The molecule has 5 rings (SSSR count). The van der Waals surface area contributed by atoms with E-state index in [-0.39, 0.29) is 34.4 Å². The Labute approximate surface area is 210 Å². The highest BCUT2D eigenvalue weighted by atomic mass is 127. The molecule has 5 aliphatic rings. The van der Waals surface area contributed by atoms with Crippen LogP contribution in [0.1, 0.15) is 59.8 Å². The Morgan fingerprint density at radius 2 is 2.06 bits per heavy atom. The van der Waals surface area contributed by atoms with Crippen LogP contribution in [0.25, 0.3) is 0 Å². The lowest BCUT2D eigenvalue weighted by Gasteiger charge is -2.58. The van der Waals surface area contributed by atoms with Crippen molar-refractivity contribution in [1.82, 2.24) is 0 Å². The number of hydrogen-bond donors (Lipinski definition) is 2. The number of aldehydes is 1. The Hall–Kier alpha value is -0.510. The van der Waals surface area contributed by atoms with E-state index < -0.39 is 34.6 Å². The molecular formula is C26H37IO6. The molecule has 11 atom stereocenters. The van der Waals surface area contributed by atoms with Crippen molar-refractivity contribution in [1.29, 1.82) is 0 Å². The van der Waals surface area contributed by atoms with E-state index >= 15 is 0 Å². The maximum Gasteiger partial charge on any atom is 0.315 e. The highest BCUT2D eigenvalue weighted by Gasteiger charge is 2.84. The summed E-state index contributed by atoms with van der Waals surface area (Å²) < 4.78 is 12.4. The monoisotopic (exact) mass is 572 g/mol. The smallest absolute Gasteiger partial charge is 0.315 e. The molecule has 33 heavy (non-hydrogen) atoms. The van der Waals surface area contributed by atoms with E-state index in [0.717, 1.165) is 31.1 Å². The molecule has 1 aliphatic heterocycles. The van der Waals surface area contributed by atoms with Crippen LogP contribution in [0, 0.1) is 45.8 Å². The third-order valence-corrected chi connectivity index (χ3v) is 11.5. The molecule has 0 aromatic rings. The highest BCUT2D eigenvalue weighted by Crippen LogP contribution is 2.82. The lowest BCUT2D eigenvalue weighted by molar-refractivity contribution is -0.240. The third kappa shape index (κ3) is 2.88. The molecule has 7 unspecified atom stereocenters. The van der Waals surface area contributed by atoms with Gasteiger partial charge in [0.1, 0.15) is 11.7 Å². The highest BCUT2D eigenvalue weighted by molar-refractivity contribution is 14.1. The second-order valence-electron chi connectivity index (χ2n) is 11.8. The van der Waals surface area contributed by atoms with Crippen LogP contribution < -0.4 is 0 Å². The maximum atomic E-state index is 13.4. The zero-order valence-electron chi connectivity index (χ0n) is 20.0. The summed E-state index contributed by atoms with van der Waals surface area (Å²) >= 11 is 2.24. The number of aliphatic hydroxyl groups excluding tert-OH is 1. The van der Waals surface area contributed by atoms with Gasteiger partial charge in [-0.3, -0.25) is 4.79 Å². The van der Waals surface area contributed by atoms with Gasteiger partial charge in [-0.25, -0.2) is 0 Å². The molecular weight excluding hydrogens is 535 g/mol. The third-order valence-electron chi connectivity index (χ3n) is 10.3. The number of carbonyl (C=O) groups is 2. The summed E-state index contributed by atoms with van der Waals surface area (Å²) in [5.74, 6) is 0.190. The lowest BCUT2D eigenvalue weighted by atomic mass is 9.43. The number of carbonyl (C=O) groups excluding carboxylic acids is 1. The van der Waals surface area contributed by atoms with Crippen molar-refractivity contribution >= 4 is 34.8 Å². The fraction of sp³-hybridized carbons (Fsp3) is 0.846. The first-order valence-electron chi connectivity index (χ1n) is 12.6. The number of hydrogen-bond acceptors (Lipinski definition) is 5.